The van der Waals surface area contributed by atoms with E-state index in [0.717, 1.165) is 5.56 Å². The molecule has 3 heteroatoms. The Morgan fingerprint density at radius 1 is 1.36 bits per heavy atom. The molecule has 0 fully saturated rings. The van der Waals surface area contributed by atoms with Crippen molar-refractivity contribution in [2.75, 3.05) is 6.54 Å². The summed E-state index contributed by atoms with van der Waals surface area (Å²) >= 11 is 0. The molecule has 1 aromatic rings. The molecule has 74 valence electrons. The van der Waals surface area contributed by atoms with Crippen molar-refractivity contribution in [3.05, 3.63) is 34.9 Å². The molecule has 1 aromatic carbocycles. The third-order valence-electron chi connectivity index (χ3n) is 2.58. The van der Waals surface area contributed by atoms with Crippen LogP contribution < -0.4 is 5.73 Å². The highest BCUT2D eigenvalue weighted by atomic mass is 16.5. The van der Waals surface area contributed by atoms with E-state index in [0.29, 0.717) is 12.6 Å². The van der Waals surface area contributed by atoms with Crippen LogP contribution in [0, 0.1) is 13.8 Å². The second-order valence-electron chi connectivity index (χ2n) is 3.63. The molecule has 1 aliphatic heterocycles. The van der Waals surface area contributed by atoms with Gasteiger partial charge in [-0.2, -0.15) is 0 Å². The van der Waals surface area contributed by atoms with Crippen molar-refractivity contribution in [2.24, 2.45) is 10.7 Å². The van der Waals surface area contributed by atoms with Crippen LogP contribution in [-0.2, 0) is 4.74 Å². The average Bonchev–Trinajstić information content (AvgIpc) is 2.57. The molecule has 0 radical (unpaired) electrons. The Labute approximate surface area is 83.6 Å². The lowest BCUT2D eigenvalue weighted by atomic mass is 10.0. The fourth-order valence-corrected chi connectivity index (χ4v) is 1.53. The summed E-state index contributed by atoms with van der Waals surface area (Å²) in [5, 5.41) is 0. The molecule has 1 atom stereocenters. The summed E-state index contributed by atoms with van der Waals surface area (Å²) in [5.41, 5.74) is 9.18. The number of benzene rings is 1. The minimum atomic E-state index is 0.00861. The first-order valence-electron chi connectivity index (χ1n) is 4.70. The molecule has 0 saturated carbocycles. The van der Waals surface area contributed by atoms with Gasteiger partial charge in [0, 0.05) is 0 Å². The Morgan fingerprint density at radius 3 is 2.71 bits per heavy atom. The Bertz CT molecular complexity index is 385. The molecule has 14 heavy (non-hydrogen) atoms. The zero-order chi connectivity index (χ0) is 10.1. The topological polar surface area (TPSA) is 47.6 Å². The van der Waals surface area contributed by atoms with Crippen molar-refractivity contribution in [2.45, 2.75) is 20.0 Å². The lowest BCUT2D eigenvalue weighted by Crippen LogP contribution is -2.13. The van der Waals surface area contributed by atoms with Gasteiger partial charge in [0.05, 0.1) is 6.54 Å². The molecule has 2 N–H and O–H groups in total. The molecular formula is C11H14N2O. The first-order valence-corrected chi connectivity index (χ1v) is 4.70. The lowest BCUT2D eigenvalue weighted by Gasteiger charge is -2.11. The Kier molecular flexibility index (Phi) is 2.15. The van der Waals surface area contributed by atoms with Crippen LogP contribution in [-0.4, -0.2) is 12.6 Å². The summed E-state index contributed by atoms with van der Waals surface area (Å²) in [6, 6.07) is 6.60. The summed E-state index contributed by atoms with van der Waals surface area (Å²) in [4.78, 5) is 4.02. The van der Waals surface area contributed by atoms with Crippen LogP contribution in [0.3, 0.4) is 0 Å². The molecule has 1 heterocycles. The molecule has 0 aromatic heterocycles. The van der Waals surface area contributed by atoms with Gasteiger partial charge in [-0.1, -0.05) is 18.2 Å². The van der Waals surface area contributed by atoms with Crippen LogP contribution >= 0.6 is 0 Å². The predicted octanol–water partition coefficient (Wildman–Crippen LogP) is 1.69. The molecular weight excluding hydrogens is 176 g/mol. The minimum Gasteiger partial charge on any atom is -0.455 e. The van der Waals surface area contributed by atoms with E-state index in [4.69, 9.17) is 10.5 Å². The fraction of sp³-hybridized carbons (Fsp3) is 0.364. The van der Waals surface area contributed by atoms with E-state index in [1.807, 2.05) is 0 Å². The van der Waals surface area contributed by atoms with Crippen LogP contribution in [0.25, 0.3) is 0 Å². The molecule has 0 aliphatic carbocycles. The van der Waals surface area contributed by atoms with Crippen LogP contribution in [0.4, 0.5) is 0 Å². The van der Waals surface area contributed by atoms with Crippen molar-refractivity contribution in [3.63, 3.8) is 0 Å². The van der Waals surface area contributed by atoms with Gasteiger partial charge in [-0.05, 0) is 30.5 Å². The fourth-order valence-electron chi connectivity index (χ4n) is 1.53. The van der Waals surface area contributed by atoms with Crippen molar-refractivity contribution < 1.29 is 4.74 Å². The van der Waals surface area contributed by atoms with Gasteiger partial charge in [0.15, 0.2) is 0 Å². The highest BCUT2D eigenvalue weighted by Crippen LogP contribution is 2.23. The minimum absolute atomic E-state index is 0.00861. The maximum atomic E-state index is 5.46. The number of nitrogens with two attached hydrogens (primary N) is 1. The molecule has 0 bridgehead atoms. The summed E-state index contributed by atoms with van der Waals surface area (Å²) < 4.78 is 5.37. The molecule has 0 amide bonds. The summed E-state index contributed by atoms with van der Waals surface area (Å²) in [6.45, 7) is 4.83. The maximum Gasteiger partial charge on any atom is 0.282 e. The van der Waals surface area contributed by atoms with Crippen molar-refractivity contribution in [1.29, 1.82) is 0 Å². The Hall–Kier alpha value is -1.51. The summed E-state index contributed by atoms with van der Waals surface area (Å²) in [6.07, 6.45) is 0.00861. The van der Waals surface area contributed by atoms with E-state index >= 15 is 0 Å². The van der Waals surface area contributed by atoms with Crippen molar-refractivity contribution >= 4 is 6.02 Å². The third-order valence-corrected chi connectivity index (χ3v) is 2.58. The quantitative estimate of drug-likeness (QED) is 0.732. The lowest BCUT2D eigenvalue weighted by molar-refractivity contribution is 0.226. The Morgan fingerprint density at radius 2 is 2.14 bits per heavy atom. The van der Waals surface area contributed by atoms with E-state index in [1.54, 1.807) is 0 Å². The van der Waals surface area contributed by atoms with Gasteiger partial charge in [0.1, 0.15) is 6.10 Å². The second-order valence-corrected chi connectivity index (χ2v) is 3.63. The monoisotopic (exact) mass is 190 g/mol. The summed E-state index contributed by atoms with van der Waals surface area (Å²) in [5.74, 6) is 0. The van der Waals surface area contributed by atoms with Gasteiger partial charge in [0.2, 0.25) is 0 Å². The van der Waals surface area contributed by atoms with Gasteiger partial charge < -0.3 is 10.5 Å². The summed E-state index contributed by atoms with van der Waals surface area (Å²) in [7, 11) is 0. The highest BCUT2D eigenvalue weighted by Gasteiger charge is 2.19. The van der Waals surface area contributed by atoms with Gasteiger partial charge in [0.25, 0.3) is 6.02 Å². The van der Waals surface area contributed by atoms with E-state index in [-0.39, 0.29) is 6.10 Å². The van der Waals surface area contributed by atoms with Crippen molar-refractivity contribution in [3.8, 4) is 0 Å². The average molecular weight is 190 g/mol. The molecule has 1 unspecified atom stereocenters. The second kappa shape index (κ2) is 3.33. The molecule has 1 aliphatic rings. The number of rotatable bonds is 1. The number of aliphatic imine (C=N–C) groups is 1. The smallest absolute Gasteiger partial charge is 0.282 e. The molecule has 0 saturated heterocycles. The SMILES string of the molecule is Cc1ccc(C2CN=C(N)O2)cc1C. The van der Waals surface area contributed by atoms with Gasteiger partial charge >= 0.3 is 0 Å². The number of ether oxygens (including phenoxy) is 1. The van der Waals surface area contributed by atoms with Gasteiger partial charge in [-0.3, -0.25) is 0 Å². The van der Waals surface area contributed by atoms with Crippen LogP contribution in [0.15, 0.2) is 23.2 Å². The maximum absolute atomic E-state index is 5.46. The number of amidine groups is 1. The van der Waals surface area contributed by atoms with E-state index in [1.165, 1.54) is 11.1 Å². The third kappa shape index (κ3) is 1.58. The normalized spacial score (nSPS) is 20.4. The van der Waals surface area contributed by atoms with E-state index in [2.05, 4.69) is 37.0 Å². The zero-order valence-corrected chi connectivity index (χ0v) is 8.45. The molecule has 2 rings (SSSR count). The zero-order valence-electron chi connectivity index (χ0n) is 8.45. The first kappa shape index (κ1) is 9.06. The number of hydrogen-bond donors (Lipinski definition) is 1. The van der Waals surface area contributed by atoms with Gasteiger partial charge in [-0.25, -0.2) is 4.99 Å². The molecule has 3 nitrogen and oxygen atoms in total. The van der Waals surface area contributed by atoms with Crippen LogP contribution in [0.2, 0.25) is 0 Å². The van der Waals surface area contributed by atoms with Crippen LogP contribution in [0.5, 0.6) is 0 Å². The Balaban J connectivity index is 2.22. The first-order chi connectivity index (χ1) is 6.66. The predicted molar refractivity (Wildman–Crippen MR) is 56.2 cm³/mol. The molecule has 0 spiro atoms. The largest absolute Gasteiger partial charge is 0.455 e. The number of nitrogens with zero attached hydrogens (tertiary/aromatic N) is 1. The van der Waals surface area contributed by atoms with E-state index < -0.39 is 0 Å². The van der Waals surface area contributed by atoms with E-state index in [9.17, 15) is 0 Å². The number of aryl methyl sites for hydroxylation is 2. The number of hydrogen-bond acceptors (Lipinski definition) is 3. The van der Waals surface area contributed by atoms with Crippen molar-refractivity contribution in [1.82, 2.24) is 0 Å². The standard InChI is InChI=1S/C11H14N2O/c1-7-3-4-9(5-8(7)2)10-6-13-11(12)14-10/h3-5,10H,6H2,1-2H3,(H2,12,13). The van der Waals surface area contributed by atoms with Gasteiger partial charge in [-0.15, -0.1) is 0 Å². The van der Waals surface area contributed by atoms with Crippen LogP contribution in [0.1, 0.15) is 22.8 Å². The highest BCUT2D eigenvalue weighted by molar-refractivity contribution is 5.73.